The van der Waals surface area contributed by atoms with Gasteiger partial charge in [0.15, 0.2) is 0 Å². The van der Waals surface area contributed by atoms with Crippen LogP contribution in [0.2, 0.25) is 0 Å². The molecule has 4 aromatic rings. The molecule has 0 bridgehead atoms. The topological polar surface area (TPSA) is 76.5 Å². The summed E-state index contributed by atoms with van der Waals surface area (Å²) in [6, 6.07) is 16.1. The first-order chi connectivity index (χ1) is 17.8. The Kier molecular flexibility index (Phi) is 7.93. The molecular weight excluding hydrogens is 478 g/mol. The Balaban J connectivity index is 1.82. The third-order valence-corrected chi connectivity index (χ3v) is 6.22. The number of carbonyl (C=O) groups is 1. The largest absolute Gasteiger partial charge is 0.383 e. The van der Waals surface area contributed by atoms with Gasteiger partial charge in [0.05, 0.1) is 34.9 Å². The summed E-state index contributed by atoms with van der Waals surface area (Å²) in [5.74, 6) is -1.32. The van der Waals surface area contributed by atoms with Gasteiger partial charge in [-0.05, 0) is 55.3 Å². The summed E-state index contributed by atoms with van der Waals surface area (Å²) < 4.78 is 34.3. The second-order valence-corrected chi connectivity index (χ2v) is 8.56. The molecule has 1 aromatic heterocycles. The summed E-state index contributed by atoms with van der Waals surface area (Å²) in [5.41, 5.74) is 1.78. The minimum atomic E-state index is -0.899. The molecule has 0 fully saturated rings. The van der Waals surface area contributed by atoms with E-state index in [0.717, 1.165) is 24.1 Å². The van der Waals surface area contributed by atoms with Crippen LogP contribution in [0, 0.1) is 11.6 Å². The summed E-state index contributed by atoms with van der Waals surface area (Å²) in [6.07, 6.45) is 0.847. The van der Waals surface area contributed by atoms with Crippen molar-refractivity contribution in [3.63, 3.8) is 0 Å². The number of anilines is 1. The number of fused-ring (bicyclic) bond motifs is 1. The molecule has 9 heteroatoms. The number of carbonyl (C=O) groups excluding carboxylic acids is 1. The second kappa shape index (κ2) is 11.3. The van der Waals surface area contributed by atoms with Gasteiger partial charge in [-0.3, -0.25) is 9.36 Å². The molecule has 0 saturated heterocycles. The zero-order chi connectivity index (χ0) is 26.5. The van der Waals surface area contributed by atoms with Crippen molar-refractivity contribution >= 4 is 22.6 Å². The number of aromatic nitrogens is 2. The van der Waals surface area contributed by atoms with Crippen LogP contribution in [0.4, 0.5) is 19.3 Å². The fourth-order valence-corrected chi connectivity index (χ4v) is 4.14. The lowest BCUT2D eigenvalue weighted by Gasteiger charge is -2.30. The molecule has 1 heterocycles. The average Bonchev–Trinajstić information content (AvgIpc) is 2.90. The van der Waals surface area contributed by atoms with Crippen LogP contribution >= 0.6 is 0 Å². The van der Waals surface area contributed by atoms with Gasteiger partial charge in [-0.1, -0.05) is 31.2 Å². The quantitative estimate of drug-likeness (QED) is 0.344. The smallest absolute Gasteiger partial charge is 0.322 e. The van der Waals surface area contributed by atoms with Crippen molar-refractivity contribution < 1.29 is 18.3 Å². The van der Waals surface area contributed by atoms with Gasteiger partial charge in [0.1, 0.15) is 17.5 Å². The summed E-state index contributed by atoms with van der Waals surface area (Å²) in [5, 5.41) is 2.94. The molecule has 0 spiro atoms. The predicted octanol–water partition coefficient (Wildman–Crippen LogP) is 5.47. The van der Waals surface area contributed by atoms with E-state index in [1.165, 1.54) is 16.6 Å². The third kappa shape index (κ3) is 5.51. The van der Waals surface area contributed by atoms with Gasteiger partial charge in [-0.15, -0.1) is 0 Å². The van der Waals surface area contributed by atoms with Gasteiger partial charge in [0.2, 0.25) is 0 Å². The molecule has 1 N–H and O–H groups in total. The van der Waals surface area contributed by atoms with E-state index in [1.54, 1.807) is 31.2 Å². The number of hydrogen-bond donors (Lipinski definition) is 1. The van der Waals surface area contributed by atoms with Crippen LogP contribution in [0.5, 0.6) is 0 Å². The number of aryl methyl sites for hydroxylation is 1. The number of amides is 2. The molecule has 0 aliphatic heterocycles. The molecule has 7 nitrogen and oxygen atoms in total. The second-order valence-electron chi connectivity index (χ2n) is 8.56. The van der Waals surface area contributed by atoms with Gasteiger partial charge >= 0.3 is 6.03 Å². The van der Waals surface area contributed by atoms with Crippen molar-refractivity contribution in [1.29, 1.82) is 0 Å². The molecule has 3 aromatic carbocycles. The average molecular weight is 507 g/mol. The number of halogens is 2. The Bertz CT molecular complexity index is 1470. The number of ether oxygens (including phenoxy) is 1. The molecular formula is C28H28F2N4O3. The van der Waals surface area contributed by atoms with E-state index in [0.29, 0.717) is 28.5 Å². The van der Waals surface area contributed by atoms with E-state index in [2.05, 4.69) is 5.32 Å². The summed E-state index contributed by atoms with van der Waals surface area (Å²) in [6.45, 7) is 4.10. The summed E-state index contributed by atoms with van der Waals surface area (Å²) in [7, 11) is 1.50. The SMILES string of the molecule is CCc1ccc(-n2c(C(C)N(CCOC)C(=O)Nc3ccc(F)cc3F)nc3ccccc3c2=O)cc1. The third-order valence-electron chi connectivity index (χ3n) is 6.22. The van der Waals surface area contributed by atoms with Gasteiger partial charge in [-0.2, -0.15) is 0 Å². The Morgan fingerprint density at radius 1 is 1.11 bits per heavy atom. The van der Waals surface area contributed by atoms with E-state index in [9.17, 15) is 18.4 Å². The molecule has 0 aliphatic carbocycles. The first-order valence-corrected chi connectivity index (χ1v) is 12.0. The molecule has 2 amide bonds. The highest BCUT2D eigenvalue weighted by Crippen LogP contribution is 2.25. The van der Waals surface area contributed by atoms with Gasteiger partial charge < -0.3 is 15.0 Å². The van der Waals surface area contributed by atoms with Crippen LogP contribution in [0.25, 0.3) is 16.6 Å². The van der Waals surface area contributed by atoms with Crippen LogP contribution in [-0.4, -0.2) is 40.7 Å². The van der Waals surface area contributed by atoms with Crippen LogP contribution < -0.4 is 10.9 Å². The predicted molar refractivity (Wildman–Crippen MR) is 139 cm³/mol. The summed E-state index contributed by atoms with van der Waals surface area (Å²) in [4.78, 5) is 33.2. The van der Waals surface area contributed by atoms with E-state index in [1.807, 2.05) is 31.2 Å². The molecule has 4 rings (SSSR count). The van der Waals surface area contributed by atoms with E-state index in [-0.39, 0.29) is 24.4 Å². The van der Waals surface area contributed by atoms with Crippen molar-refractivity contribution in [3.05, 3.63) is 100 Å². The Hall–Kier alpha value is -4.11. The Morgan fingerprint density at radius 2 is 1.84 bits per heavy atom. The normalized spacial score (nSPS) is 11.9. The van der Waals surface area contributed by atoms with Crippen molar-refractivity contribution in [2.24, 2.45) is 0 Å². The zero-order valence-electron chi connectivity index (χ0n) is 20.9. The first kappa shape index (κ1) is 26.0. The van der Waals surface area contributed by atoms with Crippen LogP contribution in [0.1, 0.15) is 31.3 Å². The number of urea groups is 1. The highest BCUT2D eigenvalue weighted by Gasteiger charge is 2.27. The molecule has 0 aliphatic rings. The van der Waals surface area contributed by atoms with Crippen molar-refractivity contribution in [1.82, 2.24) is 14.5 Å². The van der Waals surface area contributed by atoms with Crippen LogP contribution in [-0.2, 0) is 11.2 Å². The monoisotopic (exact) mass is 506 g/mol. The fourth-order valence-electron chi connectivity index (χ4n) is 4.14. The standard InChI is InChI=1S/C28H28F2N4O3/c1-4-19-9-12-21(13-10-19)34-26(31-24-8-6-5-7-22(24)27(34)35)18(2)33(15-16-37-3)28(36)32-25-14-11-20(29)17-23(25)30/h5-14,17-18H,4,15-16H2,1-3H3,(H,32,36). The van der Waals surface area contributed by atoms with Crippen molar-refractivity contribution in [2.45, 2.75) is 26.3 Å². The van der Waals surface area contributed by atoms with Gasteiger partial charge in [-0.25, -0.2) is 18.6 Å². The van der Waals surface area contributed by atoms with E-state index < -0.39 is 23.7 Å². The van der Waals surface area contributed by atoms with Gasteiger partial charge in [0.25, 0.3) is 5.56 Å². The number of methoxy groups -OCH3 is 1. The first-order valence-electron chi connectivity index (χ1n) is 12.0. The molecule has 37 heavy (non-hydrogen) atoms. The van der Waals surface area contributed by atoms with E-state index >= 15 is 0 Å². The van der Waals surface area contributed by atoms with Crippen LogP contribution in [0.15, 0.2) is 71.5 Å². The Morgan fingerprint density at radius 3 is 2.51 bits per heavy atom. The molecule has 1 unspecified atom stereocenters. The lowest BCUT2D eigenvalue weighted by Crippen LogP contribution is -2.41. The Labute approximate surface area is 213 Å². The number of nitrogens with one attached hydrogen (secondary N) is 1. The zero-order valence-corrected chi connectivity index (χ0v) is 20.9. The maximum absolute atomic E-state index is 14.3. The lowest BCUT2D eigenvalue weighted by molar-refractivity contribution is 0.137. The molecule has 192 valence electrons. The fraction of sp³-hybridized carbons (Fsp3) is 0.250. The highest BCUT2D eigenvalue weighted by molar-refractivity contribution is 5.89. The maximum Gasteiger partial charge on any atom is 0.322 e. The number of hydrogen-bond acceptors (Lipinski definition) is 4. The molecule has 0 radical (unpaired) electrons. The minimum absolute atomic E-state index is 0.129. The number of rotatable bonds is 8. The van der Waals surface area contributed by atoms with Crippen molar-refractivity contribution in [3.8, 4) is 5.69 Å². The number of para-hydroxylation sites is 1. The maximum atomic E-state index is 14.3. The minimum Gasteiger partial charge on any atom is -0.383 e. The van der Waals surface area contributed by atoms with Gasteiger partial charge in [0, 0.05) is 19.7 Å². The van der Waals surface area contributed by atoms with Crippen molar-refractivity contribution in [2.75, 3.05) is 25.6 Å². The summed E-state index contributed by atoms with van der Waals surface area (Å²) >= 11 is 0. The number of nitrogens with zero attached hydrogens (tertiary/aromatic N) is 3. The molecule has 0 saturated carbocycles. The highest BCUT2D eigenvalue weighted by atomic mass is 19.1. The van der Waals surface area contributed by atoms with Crippen LogP contribution in [0.3, 0.4) is 0 Å². The van der Waals surface area contributed by atoms with E-state index in [4.69, 9.17) is 9.72 Å². The number of benzene rings is 3. The molecule has 1 atom stereocenters. The lowest BCUT2D eigenvalue weighted by atomic mass is 10.1.